The molecule has 0 heterocycles. The van der Waals surface area contributed by atoms with Crippen molar-refractivity contribution in [2.75, 3.05) is 26.2 Å². The summed E-state index contributed by atoms with van der Waals surface area (Å²) in [6.45, 7) is 32.2. The van der Waals surface area contributed by atoms with Gasteiger partial charge in [0.05, 0.1) is 26.2 Å². The number of hydrogen-bond donors (Lipinski definition) is 0. The molecule has 0 bridgehead atoms. The topological polar surface area (TPSA) is 79.6 Å². The number of benzene rings is 1. The van der Waals surface area contributed by atoms with Crippen LogP contribution in [-0.2, 0) is 52.3 Å². The van der Waals surface area contributed by atoms with E-state index in [0.717, 1.165) is 5.56 Å². The van der Waals surface area contributed by atoms with Crippen LogP contribution in [0, 0.1) is 26.6 Å². The average Bonchev–Trinajstić information content (AvgIpc) is 2.77. The van der Waals surface area contributed by atoms with Crippen LogP contribution in [-0.4, -0.2) is 34.9 Å². The number of rotatable bonds is 5. The molecule has 0 saturated heterocycles. The zero-order valence-corrected chi connectivity index (χ0v) is 20.6. The Morgan fingerprint density at radius 1 is 0.778 bits per heavy atom. The molecular formula is C19H25NO4S2W. The Labute approximate surface area is 189 Å². The maximum atomic E-state index is 7.50. The monoisotopic (exact) mass is 579 g/mol. The van der Waals surface area contributed by atoms with E-state index in [9.17, 15) is 0 Å². The molecule has 0 N–H and O–H groups in total. The summed E-state index contributed by atoms with van der Waals surface area (Å²) < 4.78 is 31.8. The van der Waals surface area contributed by atoms with Crippen molar-refractivity contribution in [2.45, 2.75) is 27.7 Å². The van der Waals surface area contributed by atoms with Crippen molar-refractivity contribution in [3.05, 3.63) is 62.5 Å². The molecule has 5 nitrogen and oxygen atoms in total. The minimum atomic E-state index is 0. The van der Waals surface area contributed by atoms with E-state index >= 15 is 0 Å². The van der Waals surface area contributed by atoms with E-state index in [0.29, 0.717) is 4.20 Å². The molecule has 0 amide bonds. The second-order valence-electron chi connectivity index (χ2n) is 4.26. The van der Waals surface area contributed by atoms with Crippen LogP contribution < -0.4 is 0 Å². The summed E-state index contributed by atoms with van der Waals surface area (Å²) in [5.41, 5.74) is 0.961. The van der Waals surface area contributed by atoms with Crippen LogP contribution in [0.15, 0.2) is 30.3 Å². The van der Waals surface area contributed by atoms with Gasteiger partial charge in [-0.1, -0.05) is 30.3 Å². The fraction of sp³-hybridized carbons (Fsp3) is 0.421. The molecule has 8 heteroatoms. The summed E-state index contributed by atoms with van der Waals surface area (Å²) in [6.07, 6.45) is 0. The van der Waals surface area contributed by atoms with Crippen molar-refractivity contribution in [3.8, 4) is 0 Å². The molecule has 0 aliphatic rings. The summed E-state index contributed by atoms with van der Waals surface area (Å²) in [7, 11) is 0. The normalized spacial score (nSPS) is 7.26. The molecular weight excluding hydrogens is 554 g/mol. The molecule has 1 rings (SSSR count). The average molecular weight is 579 g/mol. The first kappa shape index (κ1) is 40.7. The smallest absolute Gasteiger partial charge is 0 e. The number of nitrogens with zero attached hydrogens (tertiary/aromatic N) is 1. The van der Waals surface area contributed by atoms with Crippen LogP contribution in [0.1, 0.15) is 33.3 Å². The number of hydrogen-bond acceptors (Lipinski definition) is 2. The Morgan fingerprint density at radius 2 is 1.04 bits per heavy atom. The molecule has 1 aromatic rings. The zero-order chi connectivity index (χ0) is 22.0. The SMILES string of the molecule is CC[N+](CC)(CC)CC.S=C([S-])c1ccccc1.[C-]#[O+].[C-]#[O+].[C-]#[O+].[C-]#[O+].[W]. The summed E-state index contributed by atoms with van der Waals surface area (Å²) >= 11 is 9.55. The summed E-state index contributed by atoms with van der Waals surface area (Å²) in [6, 6.07) is 9.61. The maximum absolute atomic E-state index is 7.50. The van der Waals surface area contributed by atoms with Crippen LogP contribution in [0.3, 0.4) is 0 Å². The van der Waals surface area contributed by atoms with E-state index in [4.69, 9.17) is 43.5 Å². The second kappa shape index (κ2) is 36.1. The molecule has 148 valence electrons. The van der Waals surface area contributed by atoms with Gasteiger partial charge in [0.2, 0.25) is 0 Å². The van der Waals surface area contributed by atoms with Crippen molar-refractivity contribution in [1.29, 1.82) is 0 Å². The first-order valence-electron chi connectivity index (χ1n) is 7.48. The Balaban J connectivity index is -0.0000000580. The Morgan fingerprint density at radius 3 is 1.15 bits per heavy atom. The zero-order valence-electron chi connectivity index (χ0n) is 16.0. The number of thiocarbonyl (C=S) groups is 1. The van der Waals surface area contributed by atoms with Crippen molar-refractivity contribution in [3.63, 3.8) is 0 Å². The van der Waals surface area contributed by atoms with Gasteiger partial charge in [0.25, 0.3) is 0 Å². The van der Waals surface area contributed by atoms with E-state index in [1.165, 1.54) is 30.7 Å². The standard InChI is InChI=1S/C8H20N.C7H6S2.4CO.W/c1-5-9(6-2,7-3)8-4;8-7(9)6-4-2-1-3-5-6;4*1-2;/h5-8H2,1-4H3;1-5H,(H,8,9);;;;;/q+1;;;;;;/p-1. The van der Waals surface area contributed by atoms with E-state index in [1.54, 1.807) is 0 Å². The predicted octanol–water partition coefficient (Wildman–Crippen LogP) is 3.64. The molecule has 0 aromatic heterocycles. The van der Waals surface area contributed by atoms with Gasteiger partial charge in [-0.05, 0) is 33.3 Å². The second-order valence-corrected chi connectivity index (χ2v) is 5.33. The van der Waals surface area contributed by atoms with Crippen LogP contribution >= 0.6 is 12.2 Å². The third-order valence-corrected chi connectivity index (χ3v) is 4.16. The van der Waals surface area contributed by atoms with Crippen molar-refractivity contribution in [1.82, 2.24) is 0 Å². The molecule has 27 heavy (non-hydrogen) atoms. The van der Waals surface area contributed by atoms with Gasteiger partial charge in [0.1, 0.15) is 0 Å². The molecule has 0 fully saturated rings. The van der Waals surface area contributed by atoms with Gasteiger partial charge in [0, 0.05) is 21.1 Å². The van der Waals surface area contributed by atoms with E-state index in [1.807, 2.05) is 30.3 Å². The minimum absolute atomic E-state index is 0. The third kappa shape index (κ3) is 25.1. The van der Waals surface area contributed by atoms with Crippen molar-refractivity contribution >= 4 is 29.0 Å². The van der Waals surface area contributed by atoms with Crippen molar-refractivity contribution in [2.24, 2.45) is 0 Å². The van der Waals surface area contributed by atoms with Gasteiger partial charge in [-0.3, -0.25) is 0 Å². The number of quaternary nitrogens is 1. The van der Waals surface area contributed by atoms with Gasteiger partial charge >= 0.3 is 45.2 Å². The first-order valence-corrected chi connectivity index (χ1v) is 8.30. The fourth-order valence-corrected chi connectivity index (χ4v) is 2.19. The van der Waals surface area contributed by atoms with E-state index in [-0.39, 0.29) is 21.1 Å². The van der Waals surface area contributed by atoms with Gasteiger partial charge in [-0.25, -0.2) is 0 Å². The van der Waals surface area contributed by atoms with Crippen LogP contribution in [0.25, 0.3) is 0 Å². The molecule has 0 atom stereocenters. The first-order chi connectivity index (χ1) is 12.5. The fourth-order valence-electron chi connectivity index (χ4n) is 1.92. The van der Waals surface area contributed by atoms with Gasteiger partial charge in [-0.2, -0.15) is 0 Å². The quantitative estimate of drug-likeness (QED) is 0.176. The van der Waals surface area contributed by atoms with Gasteiger partial charge < -0.3 is 29.3 Å². The molecule has 0 saturated carbocycles. The summed E-state index contributed by atoms with van der Waals surface area (Å²) in [5, 5.41) is 0. The van der Waals surface area contributed by atoms with Crippen LogP contribution in [0.4, 0.5) is 0 Å². The molecule has 1 aromatic carbocycles. The predicted molar refractivity (Wildman–Crippen MR) is 104 cm³/mol. The summed E-state index contributed by atoms with van der Waals surface area (Å²) in [5.74, 6) is 0. The molecule has 0 aliphatic heterocycles. The third-order valence-electron chi connectivity index (χ3n) is 3.69. The molecule has 0 radical (unpaired) electrons. The maximum Gasteiger partial charge on any atom is 0 e. The van der Waals surface area contributed by atoms with E-state index < -0.39 is 0 Å². The summed E-state index contributed by atoms with van der Waals surface area (Å²) in [4.78, 5) is 0. The Hall–Kier alpha value is -0.862. The van der Waals surface area contributed by atoms with Gasteiger partial charge in [0.15, 0.2) is 0 Å². The van der Waals surface area contributed by atoms with E-state index in [2.05, 4.69) is 54.3 Å². The van der Waals surface area contributed by atoms with Crippen LogP contribution in [0.5, 0.6) is 0 Å². The molecule has 0 aliphatic carbocycles. The Kier molecular flexibility index (Phi) is 54.5. The minimum Gasteiger partial charge on any atom is 0 e. The molecule has 0 spiro atoms. The van der Waals surface area contributed by atoms with Crippen molar-refractivity contribution < 1.29 is 44.2 Å². The van der Waals surface area contributed by atoms with Crippen LogP contribution in [0.2, 0.25) is 0 Å². The molecule has 0 unspecified atom stereocenters. The largest absolute Gasteiger partial charge is 0 e. The Bertz CT molecular complexity index is 457. The van der Waals surface area contributed by atoms with Gasteiger partial charge in [-0.15, -0.1) is 4.20 Å².